The molecule has 0 amide bonds. The van der Waals surface area contributed by atoms with Gasteiger partial charge in [0.2, 0.25) is 0 Å². The van der Waals surface area contributed by atoms with Crippen molar-refractivity contribution >= 4 is 9.47 Å². The molecule has 10 heavy (non-hydrogen) atoms. The molecule has 0 aromatic carbocycles. The van der Waals surface area contributed by atoms with Crippen LogP contribution in [-0.4, -0.2) is 12.6 Å². The summed E-state index contributed by atoms with van der Waals surface area (Å²) in [6, 6.07) is 2.26. The molecule has 0 bridgehead atoms. The number of nitrogens with zero attached hydrogens (tertiary/aromatic N) is 1. The van der Waals surface area contributed by atoms with Crippen molar-refractivity contribution in [2.75, 3.05) is 6.61 Å². The smallest absolute Gasteiger partial charge is 0.0646 e. The third kappa shape index (κ3) is 45.5. The minimum Gasteiger partial charge on any atom is -0.365 e. The predicted octanol–water partition coefficient (Wildman–Crippen LogP) is 1.06. The van der Waals surface area contributed by atoms with Crippen molar-refractivity contribution in [3.63, 3.8) is 0 Å². The maximum Gasteiger partial charge on any atom is 0.0646 e. The number of hydrogen-bond acceptors (Lipinski definition) is 3. The van der Waals surface area contributed by atoms with Crippen molar-refractivity contribution in [2.45, 2.75) is 26.3 Å². The fourth-order valence-corrected chi connectivity index (χ4v) is 0.222. The second-order valence-electron chi connectivity index (χ2n) is 2.02. The second-order valence-corrected chi connectivity index (χ2v) is 2.36. The molecule has 0 aliphatic carbocycles. The average Bonchev–Trinajstić information content (AvgIpc) is 1.82. The van der Waals surface area contributed by atoms with Gasteiger partial charge < -0.3 is 10.3 Å². The van der Waals surface area contributed by atoms with Crippen molar-refractivity contribution < 1.29 is 4.52 Å². The molecule has 0 fully saturated rings. The van der Waals surface area contributed by atoms with E-state index in [4.69, 9.17) is 11.0 Å². The Labute approximate surface area is 64.8 Å². The van der Waals surface area contributed by atoms with E-state index >= 15 is 0 Å². The Balaban J connectivity index is 0. The highest BCUT2D eigenvalue weighted by Crippen LogP contribution is 1.84. The lowest BCUT2D eigenvalue weighted by Crippen LogP contribution is -2.06. The monoisotopic (exact) mass is 162 g/mol. The summed E-state index contributed by atoms with van der Waals surface area (Å²) >= 11 is 0. The van der Waals surface area contributed by atoms with Gasteiger partial charge in [-0.3, -0.25) is 0 Å². The molecule has 4 heteroatoms. The summed E-state index contributed by atoms with van der Waals surface area (Å²) in [6.45, 7) is 4.40. The highest BCUT2D eigenvalue weighted by Gasteiger charge is 1.73. The van der Waals surface area contributed by atoms with Crippen LogP contribution in [0.1, 0.15) is 20.3 Å². The van der Waals surface area contributed by atoms with Crippen LogP contribution in [0.25, 0.3) is 0 Å². The quantitative estimate of drug-likeness (QED) is 0.488. The molecule has 0 aromatic heterocycles. The van der Waals surface area contributed by atoms with E-state index in [2.05, 4.69) is 14.0 Å². The molecule has 60 valence electrons. The van der Waals surface area contributed by atoms with E-state index in [1.54, 1.807) is 0 Å². The van der Waals surface area contributed by atoms with Crippen molar-refractivity contribution in [3.8, 4) is 6.07 Å². The number of rotatable bonds is 2. The molecule has 0 rings (SSSR count). The third-order valence-electron chi connectivity index (χ3n) is 0.332. The van der Waals surface area contributed by atoms with E-state index in [1.807, 2.05) is 19.9 Å². The maximum atomic E-state index is 7.86. The van der Waals surface area contributed by atoms with Gasteiger partial charge in [-0.25, -0.2) is 0 Å². The first-order valence-electron chi connectivity index (χ1n) is 3.09. The SMILES string of the molecule is CC(C)N.N#CCCOP. The Hall–Kier alpha value is -0.160. The molecule has 1 unspecified atom stereocenters. The molecule has 0 aliphatic heterocycles. The van der Waals surface area contributed by atoms with Gasteiger partial charge in [0, 0.05) is 9.47 Å². The molecule has 0 aromatic rings. The lowest BCUT2D eigenvalue weighted by Gasteiger charge is -1.82. The van der Waals surface area contributed by atoms with Gasteiger partial charge >= 0.3 is 0 Å². The summed E-state index contributed by atoms with van der Waals surface area (Å²) in [4.78, 5) is 0. The largest absolute Gasteiger partial charge is 0.365 e. The molecule has 3 nitrogen and oxygen atoms in total. The van der Waals surface area contributed by atoms with E-state index in [9.17, 15) is 0 Å². The highest BCUT2D eigenvalue weighted by molar-refractivity contribution is 7.09. The summed E-state index contributed by atoms with van der Waals surface area (Å²) in [5.41, 5.74) is 5.11. The van der Waals surface area contributed by atoms with Crippen LogP contribution >= 0.6 is 9.47 Å². The Morgan fingerprint density at radius 3 is 2.20 bits per heavy atom. The second kappa shape index (κ2) is 11.6. The normalized spacial score (nSPS) is 8.00. The molecule has 0 aliphatic rings. The molecule has 0 spiro atoms. The van der Waals surface area contributed by atoms with Gasteiger partial charge in [0.1, 0.15) is 0 Å². The van der Waals surface area contributed by atoms with Crippen molar-refractivity contribution in [1.82, 2.24) is 0 Å². The van der Waals surface area contributed by atoms with Gasteiger partial charge in [0.05, 0.1) is 19.1 Å². The van der Waals surface area contributed by atoms with Gasteiger partial charge in [-0.05, 0) is 6.04 Å². The van der Waals surface area contributed by atoms with Crippen LogP contribution in [0.2, 0.25) is 0 Å². The van der Waals surface area contributed by atoms with Gasteiger partial charge in [0.15, 0.2) is 0 Å². The van der Waals surface area contributed by atoms with Crippen molar-refractivity contribution in [3.05, 3.63) is 0 Å². The minimum absolute atomic E-state index is 0.333. The summed E-state index contributed by atoms with van der Waals surface area (Å²) in [7, 11) is 2.08. The Kier molecular flexibility index (Phi) is 14.5. The molecule has 0 saturated carbocycles. The first kappa shape index (κ1) is 12.5. The average molecular weight is 162 g/mol. The van der Waals surface area contributed by atoms with E-state index in [0.717, 1.165) is 0 Å². The maximum absolute atomic E-state index is 7.86. The van der Waals surface area contributed by atoms with E-state index in [-0.39, 0.29) is 0 Å². The molecule has 0 saturated heterocycles. The lowest BCUT2D eigenvalue weighted by molar-refractivity contribution is 0.383. The third-order valence-corrected chi connectivity index (χ3v) is 0.567. The van der Waals surface area contributed by atoms with Crippen molar-refractivity contribution in [2.24, 2.45) is 5.73 Å². The van der Waals surface area contributed by atoms with Crippen LogP contribution in [0.4, 0.5) is 0 Å². The van der Waals surface area contributed by atoms with Gasteiger partial charge in [-0.15, -0.1) is 0 Å². The van der Waals surface area contributed by atoms with Crippen LogP contribution < -0.4 is 5.73 Å². The predicted molar refractivity (Wildman–Crippen MR) is 45.2 cm³/mol. The van der Waals surface area contributed by atoms with Gasteiger partial charge in [-0.1, -0.05) is 13.8 Å². The van der Waals surface area contributed by atoms with Crippen LogP contribution in [0.5, 0.6) is 0 Å². The zero-order valence-electron chi connectivity index (χ0n) is 6.50. The molecular formula is C6H15N2OP. The van der Waals surface area contributed by atoms with E-state index in [1.165, 1.54) is 0 Å². The molecule has 2 N–H and O–H groups in total. The standard InChI is InChI=1S/C3H6NOP.C3H9N/c4-2-1-3-5-6;1-3(2)4/h1,3,6H2;3H,4H2,1-2H3. The topological polar surface area (TPSA) is 59.0 Å². The van der Waals surface area contributed by atoms with Crippen LogP contribution in [0, 0.1) is 11.3 Å². The molecule has 0 heterocycles. The highest BCUT2D eigenvalue weighted by atomic mass is 31.0. The molecule has 0 radical (unpaired) electrons. The number of nitrogens with two attached hydrogens (primary N) is 1. The summed E-state index contributed by atoms with van der Waals surface area (Å²) in [5, 5.41) is 7.86. The number of nitriles is 1. The van der Waals surface area contributed by atoms with Crippen LogP contribution in [-0.2, 0) is 4.52 Å². The molecular weight excluding hydrogens is 147 g/mol. The first-order valence-corrected chi connectivity index (χ1v) is 3.56. The van der Waals surface area contributed by atoms with E-state index < -0.39 is 0 Å². The fraction of sp³-hybridized carbons (Fsp3) is 0.833. The fourth-order valence-electron chi connectivity index (χ4n) is 0.105. The van der Waals surface area contributed by atoms with E-state index in [0.29, 0.717) is 19.1 Å². The van der Waals surface area contributed by atoms with Crippen molar-refractivity contribution in [1.29, 1.82) is 5.26 Å². The zero-order chi connectivity index (χ0) is 8.41. The molecule has 1 atom stereocenters. The Morgan fingerprint density at radius 1 is 1.70 bits per heavy atom. The Bertz CT molecular complexity index is 87.5. The number of hydrogen-bond donors (Lipinski definition) is 1. The van der Waals surface area contributed by atoms with Gasteiger partial charge in [0.25, 0.3) is 0 Å². The Morgan fingerprint density at radius 2 is 2.10 bits per heavy atom. The summed E-state index contributed by atoms with van der Waals surface area (Å²) in [6.07, 6.45) is 0.476. The summed E-state index contributed by atoms with van der Waals surface area (Å²) in [5.74, 6) is 0. The zero-order valence-corrected chi connectivity index (χ0v) is 7.66. The summed E-state index contributed by atoms with van der Waals surface area (Å²) < 4.78 is 4.48. The first-order chi connectivity index (χ1) is 4.65. The minimum atomic E-state index is 0.333. The van der Waals surface area contributed by atoms with Crippen LogP contribution in [0.15, 0.2) is 0 Å². The van der Waals surface area contributed by atoms with Crippen LogP contribution in [0.3, 0.4) is 0 Å². The van der Waals surface area contributed by atoms with Gasteiger partial charge in [-0.2, -0.15) is 5.26 Å². The lowest BCUT2D eigenvalue weighted by atomic mass is 10.5.